The summed E-state index contributed by atoms with van der Waals surface area (Å²) in [5.74, 6) is 2.09. The number of aromatic amines is 1. The van der Waals surface area contributed by atoms with Crippen molar-refractivity contribution in [3.63, 3.8) is 0 Å². The molecule has 41 heavy (non-hydrogen) atoms. The van der Waals surface area contributed by atoms with Crippen molar-refractivity contribution in [1.82, 2.24) is 19.9 Å². The van der Waals surface area contributed by atoms with E-state index in [0.717, 1.165) is 44.9 Å². The molecular weight excluding hydrogens is 521 g/mol. The van der Waals surface area contributed by atoms with E-state index in [1.165, 1.54) is 13.0 Å². The number of esters is 1. The van der Waals surface area contributed by atoms with Crippen molar-refractivity contribution in [3.05, 3.63) is 101 Å². The summed E-state index contributed by atoms with van der Waals surface area (Å²) >= 11 is 0. The van der Waals surface area contributed by atoms with E-state index in [9.17, 15) is 9.18 Å². The molecular formula is C32H30FN5O3. The molecule has 5 aromatic rings. The molecule has 9 heteroatoms. The van der Waals surface area contributed by atoms with Gasteiger partial charge in [0.25, 0.3) is 0 Å². The molecule has 6 rings (SSSR count). The molecule has 0 radical (unpaired) electrons. The number of benzene rings is 3. The zero-order chi connectivity index (χ0) is 28.5. The molecule has 0 atom stereocenters. The SMILES string of the molecule is CC(=O)OCc1nc(C)c(Cc2ccccc2F)c(N2CCOc3ccc(-c4ccc5nc(C)[nH]c5c4)cc3C2)n1. The number of aromatic nitrogens is 4. The first-order chi connectivity index (χ1) is 19.8. The smallest absolute Gasteiger partial charge is 0.303 e. The van der Waals surface area contributed by atoms with E-state index < -0.39 is 5.97 Å². The number of halogens is 1. The fourth-order valence-electron chi connectivity index (χ4n) is 5.24. The Hall–Kier alpha value is -4.79. The number of carbonyl (C=O) groups excluding carboxylic acids is 1. The second-order valence-corrected chi connectivity index (χ2v) is 10.2. The number of nitrogens with zero attached hydrogens (tertiary/aromatic N) is 4. The van der Waals surface area contributed by atoms with Crippen LogP contribution >= 0.6 is 0 Å². The van der Waals surface area contributed by atoms with Gasteiger partial charge in [0.2, 0.25) is 0 Å². The van der Waals surface area contributed by atoms with Crippen LogP contribution in [0.3, 0.4) is 0 Å². The van der Waals surface area contributed by atoms with Crippen molar-refractivity contribution in [2.24, 2.45) is 0 Å². The van der Waals surface area contributed by atoms with Gasteiger partial charge in [0.05, 0.1) is 17.6 Å². The van der Waals surface area contributed by atoms with Gasteiger partial charge in [-0.15, -0.1) is 0 Å². The van der Waals surface area contributed by atoms with Crippen molar-refractivity contribution in [3.8, 4) is 16.9 Å². The van der Waals surface area contributed by atoms with Crippen molar-refractivity contribution in [2.75, 3.05) is 18.1 Å². The highest BCUT2D eigenvalue weighted by Crippen LogP contribution is 2.33. The number of rotatable bonds is 6. The maximum atomic E-state index is 14.7. The zero-order valence-electron chi connectivity index (χ0n) is 23.2. The lowest BCUT2D eigenvalue weighted by molar-refractivity contribution is -0.142. The van der Waals surface area contributed by atoms with Crippen LogP contribution in [-0.4, -0.2) is 39.1 Å². The molecule has 0 saturated heterocycles. The van der Waals surface area contributed by atoms with E-state index in [-0.39, 0.29) is 12.4 Å². The Bertz CT molecular complexity index is 1770. The topological polar surface area (TPSA) is 93.2 Å². The number of carbonyl (C=O) groups is 1. The molecule has 3 aromatic carbocycles. The Balaban J connectivity index is 1.38. The van der Waals surface area contributed by atoms with E-state index in [0.29, 0.717) is 49.0 Å². The first kappa shape index (κ1) is 26.4. The van der Waals surface area contributed by atoms with Crippen LogP contribution in [0.5, 0.6) is 5.75 Å². The van der Waals surface area contributed by atoms with Crippen LogP contribution in [0.4, 0.5) is 10.2 Å². The molecule has 1 aliphatic heterocycles. The van der Waals surface area contributed by atoms with Crippen LogP contribution in [0.25, 0.3) is 22.2 Å². The van der Waals surface area contributed by atoms with Crippen molar-refractivity contribution >= 4 is 22.8 Å². The molecule has 8 nitrogen and oxygen atoms in total. The number of H-pyrrole nitrogens is 1. The lowest BCUT2D eigenvalue weighted by Crippen LogP contribution is -2.28. The highest BCUT2D eigenvalue weighted by molar-refractivity contribution is 5.82. The normalized spacial score (nSPS) is 13.0. The lowest BCUT2D eigenvalue weighted by Gasteiger charge is -2.25. The molecule has 0 unspecified atom stereocenters. The second-order valence-electron chi connectivity index (χ2n) is 10.2. The molecule has 3 heterocycles. The number of ether oxygens (including phenoxy) is 2. The van der Waals surface area contributed by atoms with Gasteiger partial charge in [0, 0.05) is 36.7 Å². The predicted molar refractivity (Wildman–Crippen MR) is 154 cm³/mol. The lowest BCUT2D eigenvalue weighted by atomic mass is 10.0. The summed E-state index contributed by atoms with van der Waals surface area (Å²) in [7, 11) is 0. The molecule has 2 aromatic heterocycles. The molecule has 0 bridgehead atoms. The van der Waals surface area contributed by atoms with E-state index in [1.807, 2.05) is 32.0 Å². The van der Waals surface area contributed by atoms with Gasteiger partial charge < -0.3 is 19.4 Å². The monoisotopic (exact) mass is 551 g/mol. The Morgan fingerprint density at radius 2 is 1.85 bits per heavy atom. The van der Waals surface area contributed by atoms with Gasteiger partial charge in [-0.3, -0.25) is 4.79 Å². The highest BCUT2D eigenvalue weighted by atomic mass is 19.1. The number of nitrogens with one attached hydrogen (secondary N) is 1. The largest absolute Gasteiger partial charge is 0.491 e. The fourth-order valence-corrected chi connectivity index (χ4v) is 5.24. The van der Waals surface area contributed by atoms with Crippen molar-refractivity contribution in [1.29, 1.82) is 0 Å². The van der Waals surface area contributed by atoms with Crippen LogP contribution < -0.4 is 9.64 Å². The number of fused-ring (bicyclic) bond motifs is 2. The molecule has 0 saturated carbocycles. The van der Waals surface area contributed by atoms with Crippen LogP contribution in [-0.2, 0) is 29.1 Å². The summed E-state index contributed by atoms with van der Waals surface area (Å²) in [4.78, 5) is 30.9. The van der Waals surface area contributed by atoms with E-state index in [1.54, 1.807) is 12.1 Å². The highest BCUT2D eigenvalue weighted by Gasteiger charge is 2.23. The van der Waals surface area contributed by atoms with Gasteiger partial charge in [-0.1, -0.05) is 30.3 Å². The number of anilines is 1. The van der Waals surface area contributed by atoms with Gasteiger partial charge in [-0.25, -0.2) is 19.3 Å². The average molecular weight is 552 g/mol. The van der Waals surface area contributed by atoms with E-state index in [4.69, 9.17) is 14.5 Å². The van der Waals surface area contributed by atoms with Crippen LogP contribution in [0.1, 0.15) is 41.0 Å². The number of hydrogen-bond donors (Lipinski definition) is 1. The van der Waals surface area contributed by atoms with Crippen LogP contribution in [0.2, 0.25) is 0 Å². The average Bonchev–Trinajstić information content (AvgIpc) is 3.19. The third kappa shape index (κ3) is 5.61. The summed E-state index contributed by atoms with van der Waals surface area (Å²) in [5, 5.41) is 0. The number of imidazole rings is 1. The number of aryl methyl sites for hydroxylation is 2. The number of hydrogen-bond acceptors (Lipinski definition) is 7. The standard InChI is InChI=1S/C32H30FN5O3/c1-19-26(15-24-6-4-5-7-27(24)33)32(37-31(34-19)18-41-21(3)39)38-12-13-40-30-11-9-22(14-25(30)17-38)23-8-10-28-29(16-23)36-20(2)35-28/h4-11,14,16H,12-13,15,17-18H2,1-3H3,(H,35,36). The molecule has 1 aliphatic rings. The third-order valence-electron chi connectivity index (χ3n) is 7.24. The van der Waals surface area contributed by atoms with Crippen LogP contribution in [0, 0.1) is 19.7 Å². The summed E-state index contributed by atoms with van der Waals surface area (Å²) in [6, 6.07) is 19.1. The van der Waals surface area contributed by atoms with E-state index in [2.05, 4.69) is 44.1 Å². The second kappa shape index (κ2) is 11.0. The maximum Gasteiger partial charge on any atom is 0.303 e. The fraction of sp³-hybridized carbons (Fsp3) is 0.250. The minimum absolute atomic E-state index is 0.0379. The third-order valence-corrected chi connectivity index (χ3v) is 7.24. The Morgan fingerprint density at radius 3 is 2.68 bits per heavy atom. The Labute approximate surface area is 237 Å². The Kier molecular flexibility index (Phi) is 7.09. The van der Waals surface area contributed by atoms with Gasteiger partial charge in [-0.05, 0) is 60.9 Å². The summed E-state index contributed by atoms with van der Waals surface area (Å²) in [6.45, 7) is 6.69. The maximum absolute atomic E-state index is 14.7. The first-order valence-corrected chi connectivity index (χ1v) is 13.5. The minimum Gasteiger partial charge on any atom is -0.491 e. The van der Waals surface area contributed by atoms with Crippen LogP contribution in [0.15, 0.2) is 60.7 Å². The zero-order valence-corrected chi connectivity index (χ0v) is 23.2. The summed E-state index contributed by atoms with van der Waals surface area (Å²) in [6.07, 6.45) is 0.329. The Morgan fingerprint density at radius 1 is 1.05 bits per heavy atom. The molecule has 0 fully saturated rings. The van der Waals surface area contributed by atoms with Gasteiger partial charge >= 0.3 is 5.97 Å². The van der Waals surface area contributed by atoms with Gasteiger partial charge in [-0.2, -0.15) is 0 Å². The minimum atomic E-state index is -0.406. The summed E-state index contributed by atoms with van der Waals surface area (Å²) in [5.41, 5.74) is 7.15. The predicted octanol–water partition coefficient (Wildman–Crippen LogP) is 5.83. The van der Waals surface area contributed by atoms with E-state index >= 15 is 0 Å². The molecule has 0 amide bonds. The van der Waals surface area contributed by atoms with Crippen molar-refractivity contribution in [2.45, 2.75) is 40.3 Å². The van der Waals surface area contributed by atoms with Gasteiger partial charge in [0.1, 0.15) is 29.8 Å². The molecule has 208 valence electrons. The molecule has 0 aliphatic carbocycles. The first-order valence-electron chi connectivity index (χ1n) is 13.5. The molecule has 1 N–H and O–H groups in total. The van der Waals surface area contributed by atoms with Gasteiger partial charge in [0.15, 0.2) is 12.4 Å². The quantitative estimate of drug-likeness (QED) is 0.266. The molecule has 0 spiro atoms. The van der Waals surface area contributed by atoms with Crippen molar-refractivity contribution < 1.29 is 18.7 Å². The summed E-state index contributed by atoms with van der Waals surface area (Å²) < 4.78 is 26.1.